The standard InChI is InChI=1S/C15H28BrN3/c1-6-8-17-10-12(4)11(3)9-14-15(16)13(5)18-19(14)7-2/h11-12,17H,6-10H2,1-5H3. The van der Waals surface area contributed by atoms with Gasteiger partial charge in [0.25, 0.3) is 0 Å². The topological polar surface area (TPSA) is 29.9 Å². The lowest BCUT2D eigenvalue weighted by Gasteiger charge is -2.21. The Kier molecular flexibility index (Phi) is 7.08. The molecule has 3 nitrogen and oxygen atoms in total. The molecule has 1 heterocycles. The molecule has 19 heavy (non-hydrogen) atoms. The van der Waals surface area contributed by atoms with Crippen molar-refractivity contribution in [2.24, 2.45) is 11.8 Å². The number of rotatable bonds is 8. The molecule has 1 rings (SSSR count). The van der Waals surface area contributed by atoms with Crippen LogP contribution < -0.4 is 5.32 Å². The van der Waals surface area contributed by atoms with E-state index in [-0.39, 0.29) is 0 Å². The van der Waals surface area contributed by atoms with E-state index in [1.165, 1.54) is 16.6 Å². The van der Waals surface area contributed by atoms with Crippen LogP contribution in [0, 0.1) is 18.8 Å². The van der Waals surface area contributed by atoms with Crippen molar-refractivity contribution in [1.82, 2.24) is 15.1 Å². The third-order valence-corrected chi connectivity index (χ3v) is 4.86. The Morgan fingerprint density at radius 3 is 2.53 bits per heavy atom. The number of aryl methyl sites for hydroxylation is 2. The first-order valence-corrected chi connectivity index (χ1v) is 8.22. The SMILES string of the molecule is CCCNCC(C)C(C)Cc1c(Br)c(C)nn1CC. The van der Waals surface area contributed by atoms with Gasteiger partial charge in [0.2, 0.25) is 0 Å². The maximum absolute atomic E-state index is 4.57. The van der Waals surface area contributed by atoms with Gasteiger partial charge in [-0.2, -0.15) is 5.10 Å². The van der Waals surface area contributed by atoms with Gasteiger partial charge in [0.1, 0.15) is 0 Å². The van der Waals surface area contributed by atoms with E-state index < -0.39 is 0 Å². The van der Waals surface area contributed by atoms with Gasteiger partial charge in [-0.05, 0) is 67.5 Å². The molecule has 0 aliphatic carbocycles. The minimum absolute atomic E-state index is 0.655. The molecule has 1 N–H and O–H groups in total. The Labute approximate surface area is 126 Å². The number of hydrogen-bond donors (Lipinski definition) is 1. The Morgan fingerprint density at radius 1 is 1.26 bits per heavy atom. The van der Waals surface area contributed by atoms with E-state index in [1.807, 2.05) is 0 Å². The molecule has 1 aromatic rings. The quantitative estimate of drug-likeness (QED) is 0.735. The first kappa shape index (κ1) is 16.7. The van der Waals surface area contributed by atoms with Crippen LogP contribution in [0.3, 0.4) is 0 Å². The fourth-order valence-electron chi connectivity index (χ4n) is 2.28. The van der Waals surface area contributed by atoms with E-state index in [0.717, 1.165) is 31.7 Å². The molecule has 2 atom stereocenters. The third-order valence-electron chi connectivity index (χ3n) is 3.83. The van der Waals surface area contributed by atoms with Crippen LogP contribution >= 0.6 is 15.9 Å². The summed E-state index contributed by atoms with van der Waals surface area (Å²) in [7, 11) is 0. The highest BCUT2D eigenvalue weighted by Gasteiger charge is 2.18. The fraction of sp³-hybridized carbons (Fsp3) is 0.800. The second-order valence-electron chi connectivity index (χ2n) is 5.52. The molecule has 0 fully saturated rings. The number of nitrogens with zero attached hydrogens (tertiary/aromatic N) is 2. The van der Waals surface area contributed by atoms with Gasteiger partial charge in [0.05, 0.1) is 15.9 Å². The smallest absolute Gasteiger partial charge is 0.0738 e. The van der Waals surface area contributed by atoms with Gasteiger partial charge in [-0.1, -0.05) is 20.8 Å². The molecule has 0 bridgehead atoms. The summed E-state index contributed by atoms with van der Waals surface area (Å²) in [5.41, 5.74) is 2.44. The van der Waals surface area contributed by atoms with Crippen LogP contribution in [-0.2, 0) is 13.0 Å². The van der Waals surface area contributed by atoms with Gasteiger partial charge in [-0.25, -0.2) is 0 Å². The van der Waals surface area contributed by atoms with Crippen LogP contribution in [0.1, 0.15) is 45.5 Å². The zero-order valence-corrected chi connectivity index (χ0v) is 14.5. The van der Waals surface area contributed by atoms with Gasteiger partial charge >= 0.3 is 0 Å². The van der Waals surface area contributed by atoms with Gasteiger partial charge in [0, 0.05) is 6.54 Å². The van der Waals surface area contributed by atoms with Gasteiger partial charge < -0.3 is 5.32 Å². The van der Waals surface area contributed by atoms with E-state index in [2.05, 4.69) is 65.6 Å². The molecule has 0 spiro atoms. The number of aromatic nitrogens is 2. The molecule has 2 unspecified atom stereocenters. The Hall–Kier alpha value is -0.350. The summed E-state index contributed by atoms with van der Waals surface area (Å²) in [5.74, 6) is 1.33. The predicted octanol–water partition coefficient (Wildman–Crippen LogP) is 3.79. The highest BCUT2D eigenvalue weighted by atomic mass is 79.9. The van der Waals surface area contributed by atoms with Crippen molar-refractivity contribution in [2.75, 3.05) is 13.1 Å². The molecule has 1 aromatic heterocycles. The van der Waals surface area contributed by atoms with Crippen LogP contribution in [0.4, 0.5) is 0 Å². The second kappa shape index (κ2) is 8.05. The molecule has 0 saturated carbocycles. The monoisotopic (exact) mass is 329 g/mol. The Balaban J connectivity index is 2.63. The molecule has 0 amide bonds. The lowest BCUT2D eigenvalue weighted by atomic mass is 9.91. The molecule has 4 heteroatoms. The van der Waals surface area contributed by atoms with Crippen molar-refractivity contribution in [3.05, 3.63) is 15.9 Å². The Morgan fingerprint density at radius 2 is 1.95 bits per heavy atom. The van der Waals surface area contributed by atoms with Crippen LogP contribution in [0.25, 0.3) is 0 Å². The maximum Gasteiger partial charge on any atom is 0.0738 e. The normalized spacial score (nSPS) is 14.6. The summed E-state index contributed by atoms with van der Waals surface area (Å²) < 4.78 is 3.32. The summed E-state index contributed by atoms with van der Waals surface area (Å²) in [6.07, 6.45) is 2.29. The van der Waals surface area contributed by atoms with Gasteiger partial charge in [-0.15, -0.1) is 0 Å². The van der Waals surface area contributed by atoms with Crippen molar-refractivity contribution in [2.45, 2.75) is 54.0 Å². The highest BCUT2D eigenvalue weighted by Crippen LogP contribution is 2.26. The van der Waals surface area contributed by atoms with E-state index in [0.29, 0.717) is 11.8 Å². The van der Waals surface area contributed by atoms with E-state index >= 15 is 0 Å². The molecular formula is C15H28BrN3. The number of halogens is 1. The van der Waals surface area contributed by atoms with Gasteiger partial charge in [-0.3, -0.25) is 4.68 Å². The lowest BCUT2D eigenvalue weighted by Crippen LogP contribution is -2.27. The largest absolute Gasteiger partial charge is 0.316 e. The van der Waals surface area contributed by atoms with Gasteiger partial charge in [0.15, 0.2) is 0 Å². The van der Waals surface area contributed by atoms with Crippen LogP contribution in [-0.4, -0.2) is 22.9 Å². The lowest BCUT2D eigenvalue weighted by molar-refractivity contribution is 0.357. The first-order valence-electron chi connectivity index (χ1n) is 7.43. The summed E-state index contributed by atoms with van der Waals surface area (Å²) in [6.45, 7) is 14.3. The molecule has 0 aliphatic rings. The summed E-state index contributed by atoms with van der Waals surface area (Å²) >= 11 is 3.68. The van der Waals surface area contributed by atoms with Crippen molar-refractivity contribution < 1.29 is 0 Å². The molecule has 0 radical (unpaired) electrons. The minimum Gasteiger partial charge on any atom is -0.316 e. The number of hydrogen-bond acceptors (Lipinski definition) is 2. The molecule has 110 valence electrons. The summed E-state index contributed by atoms with van der Waals surface area (Å²) in [5, 5.41) is 8.09. The van der Waals surface area contributed by atoms with Crippen LogP contribution in [0.5, 0.6) is 0 Å². The molecule has 0 saturated heterocycles. The highest BCUT2D eigenvalue weighted by molar-refractivity contribution is 9.10. The fourth-order valence-corrected chi connectivity index (χ4v) is 2.72. The van der Waals surface area contributed by atoms with E-state index in [1.54, 1.807) is 0 Å². The molecule has 0 aromatic carbocycles. The molecular weight excluding hydrogens is 302 g/mol. The zero-order valence-electron chi connectivity index (χ0n) is 13.0. The molecule has 0 aliphatic heterocycles. The number of nitrogens with one attached hydrogen (secondary N) is 1. The Bertz CT molecular complexity index is 387. The summed E-state index contributed by atoms with van der Waals surface area (Å²) in [6, 6.07) is 0. The minimum atomic E-state index is 0.655. The third kappa shape index (κ3) is 4.60. The van der Waals surface area contributed by atoms with Crippen LogP contribution in [0.15, 0.2) is 4.47 Å². The average Bonchev–Trinajstić information content (AvgIpc) is 2.66. The second-order valence-corrected chi connectivity index (χ2v) is 6.32. The van der Waals surface area contributed by atoms with E-state index in [4.69, 9.17) is 0 Å². The van der Waals surface area contributed by atoms with Crippen molar-refractivity contribution in [1.29, 1.82) is 0 Å². The van der Waals surface area contributed by atoms with Crippen molar-refractivity contribution in [3.8, 4) is 0 Å². The van der Waals surface area contributed by atoms with Crippen LogP contribution in [0.2, 0.25) is 0 Å². The first-order chi connectivity index (χ1) is 9.01. The van der Waals surface area contributed by atoms with Crippen molar-refractivity contribution in [3.63, 3.8) is 0 Å². The maximum atomic E-state index is 4.57. The zero-order chi connectivity index (χ0) is 14.4. The predicted molar refractivity (Wildman–Crippen MR) is 85.5 cm³/mol. The van der Waals surface area contributed by atoms with E-state index in [9.17, 15) is 0 Å². The summed E-state index contributed by atoms with van der Waals surface area (Å²) in [4.78, 5) is 0. The van der Waals surface area contributed by atoms with Crippen molar-refractivity contribution >= 4 is 15.9 Å². The average molecular weight is 330 g/mol.